The minimum absolute atomic E-state index is 0.0432. The highest BCUT2D eigenvalue weighted by Gasteiger charge is 2.42. The first kappa shape index (κ1) is 19.9. The van der Waals surface area contributed by atoms with E-state index in [1.165, 1.54) is 24.3 Å². The van der Waals surface area contributed by atoms with E-state index < -0.39 is 5.82 Å². The van der Waals surface area contributed by atoms with Crippen LogP contribution in [0, 0.1) is 29.0 Å². The van der Waals surface area contributed by atoms with Gasteiger partial charge < -0.3 is 9.80 Å². The quantitative estimate of drug-likeness (QED) is 0.642. The van der Waals surface area contributed by atoms with E-state index >= 15 is 0 Å². The SMILES string of the molecule is N#Cc1ccc(C=CC(=O)N2C[C@@H]3CN(C(=O)c4ccc5[nH]nnc5c4)C[C@H]3C2)c(F)c1. The number of likely N-dealkylation sites (tertiary alicyclic amines) is 2. The molecule has 160 valence electrons. The van der Waals surface area contributed by atoms with Crippen LogP contribution < -0.4 is 0 Å². The average Bonchev–Trinajstić information content (AvgIpc) is 3.51. The van der Waals surface area contributed by atoms with Gasteiger partial charge in [0.1, 0.15) is 11.3 Å². The second kappa shape index (κ2) is 7.89. The molecule has 8 nitrogen and oxygen atoms in total. The molecule has 2 aromatic carbocycles. The number of hydrogen-bond acceptors (Lipinski definition) is 5. The van der Waals surface area contributed by atoms with Crippen LogP contribution in [-0.4, -0.2) is 63.2 Å². The fraction of sp³-hybridized carbons (Fsp3) is 0.261. The number of benzene rings is 2. The lowest BCUT2D eigenvalue weighted by atomic mass is 10.0. The van der Waals surface area contributed by atoms with Crippen molar-refractivity contribution in [2.45, 2.75) is 0 Å². The fourth-order valence-electron chi connectivity index (χ4n) is 4.49. The predicted octanol–water partition coefficient (Wildman–Crippen LogP) is 2.21. The molecule has 0 bridgehead atoms. The van der Waals surface area contributed by atoms with Gasteiger partial charge in [0.15, 0.2) is 0 Å². The van der Waals surface area contributed by atoms with Crippen molar-refractivity contribution in [3.05, 3.63) is 65.0 Å². The van der Waals surface area contributed by atoms with Crippen molar-refractivity contribution in [1.82, 2.24) is 25.2 Å². The van der Waals surface area contributed by atoms with Gasteiger partial charge in [-0.1, -0.05) is 11.3 Å². The third-order valence-electron chi connectivity index (χ3n) is 6.19. The first-order chi connectivity index (χ1) is 15.5. The lowest BCUT2D eigenvalue weighted by Gasteiger charge is -2.21. The molecule has 2 aliphatic heterocycles. The van der Waals surface area contributed by atoms with Crippen molar-refractivity contribution in [2.24, 2.45) is 11.8 Å². The van der Waals surface area contributed by atoms with E-state index in [0.717, 1.165) is 11.6 Å². The highest BCUT2D eigenvalue weighted by Crippen LogP contribution is 2.32. The highest BCUT2D eigenvalue weighted by atomic mass is 19.1. The second-order valence-corrected chi connectivity index (χ2v) is 8.20. The summed E-state index contributed by atoms with van der Waals surface area (Å²) in [5.74, 6) is -0.322. The number of rotatable bonds is 3. The van der Waals surface area contributed by atoms with Gasteiger partial charge in [-0.3, -0.25) is 14.7 Å². The van der Waals surface area contributed by atoms with E-state index in [-0.39, 0.29) is 34.8 Å². The van der Waals surface area contributed by atoms with E-state index in [4.69, 9.17) is 5.26 Å². The molecule has 1 N–H and O–H groups in total. The van der Waals surface area contributed by atoms with Crippen molar-refractivity contribution in [3.63, 3.8) is 0 Å². The van der Waals surface area contributed by atoms with Crippen LogP contribution in [-0.2, 0) is 4.79 Å². The number of nitrogens with zero attached hydrogens (tertiary/aromatic N) is 5. The topological polar surface area (TPSA) is 106 Å². The Bertz CT molecular complexity index is 1280. The summed E-state index contributed by atoms with van der Waals surface area (Å²) in [6.07, 6.45) is 2.80. The molecule has 2 atom stereocenters. The number of halogens is 1. The molecule has 2 aliphatic rings. The molecule has 2 fully saturated rings. The van der Waals surface area contributed by atoms with Gasteiger partial charge in [0.05, 0.1) is 17.1 Å². The number of carbonyl (C=O) groups is 2. The van der Waals surface area contributed by atoms with E-state index in [9.17, 15) is 14.0 Å². The van der Waals surface area contributed by atoms with Gasteiger partial charge >= 0.3 is 0 Å². The van der Waals surface area contributed by atoms with Gasteiger partial charge in [-0.05, 0) is 36.4 Å². The van der Waals surface area contributed by atoms with Crippen molar-refractivity contribution in [1.29, 1.82) is 5.26 Å². The number of amides is 2. The Morgan fingerprint density at radius 2 is 1.84 bits per heavy atom. The van der Waals surface area contributed by atoms with Gasteiger partial charge in [0.25, 0.3) is 5.91 Å². The molecule has 3 heterocycles. The molecular formula is C23H19FN6O2. The fourth-order valence-corrected chi connectivity index (χ4v) is 4.49. The Hall–Kier alpha value is -4.06. The van der Waals surface area contributed by atoms with Crippen molar-refractivity contribution < 1.29 is 14.0 Å². The number of aromatic amines is 1. The molecule has 2 amide bonds. The number of carbonyl (C=O) groups excluding carboxylic acids is 2. The largest absolute Gasteiger partial charge is 0.338 e. The Kier molecular flexibility index (Phi) is 4.90. The van der Waals surface area contributed by atoms with Crippen LogP contribution in [0.2, 0.25) is 0 Å². The average molecular weight is 430 g/mol. The van der Waals surface area contributed by atoms with Crippen LogP contribution in [0.25, 0.3) is 17.1 Å². The van der Waals surface area contributed by atoms with Gasteiger partial charge in [-0.2, -0.15) is 5.26 Å². The molecule has 3 aromatic rings. The van der Waals surface area contributed by atoms with Crippen molar-refractivity contribution >= 4 is 28.9 Å². The third-order valence-corrected chi connectivity index (χ3v) is 6.19. The lowest BCUT2D eigenvalue weighted by Crippen LogP contribution is -2.35. The summed E-state index contributed by atoms with van der Waals surface area (Å²) in [4.78, 5) is 29.1. The zero-order valence-corrected chi connectivity index (χ0v) is 17.0. The first-order valence-electron chi connectivity index (χ1n) is 10.3. The smallest absolute Gasteiger partial charge is 0.253 e. The summed E-state index contributed by atoms with van der Waals surface area (Å²) in [5.41, 5.74) is 2.50. The maximum atomic E-state index is 14.0. The lowest BCUT2D eigenvalue weighted by molar-refractivity contribution is -0.125. The first-order valence-corrected chi connectivity index (χ1v) is 10.3. The van der Waals surface area contributed by atoms with Crippen LogP contribution in [0.4, 0.5) is 4.39 Å². The molecule has 1 aromatic heterocycles. The van der Waals surface area contributed by atoms with E-state index in [2.05, 4.69) is 15.4 Å². The standard InChI is InChI=1S/C23H19FN6O2/c24-19-7-14(9-25)1-2-15(19)4-6-22(31)29-10-17-12-30(13-18(17)11-29)23(32)16-3-5-20-21(8-16)27-28-26-20/h1-8,17-18H,10-13H2,(H,26,27,28)/t17-,18-/m1/s1. The van der Waals surface area contributed by atoms with Crippen LogP contribution in [0.1, 0.15) is 21.5 Å². The normalized spacial score (nSPS) is 20.1. The molecule has 9 heteroatoms. The maximum Gasteiger partial charge on any atom is 0.253 e. The van der Waals surface area contributed by atoms with Gasteiger partial charge in [0.2, 0.25) is 5.91 Å². The van der Waals surface area contributed by atoms with E-state index in [1.54, 1.807) is 23.1 Å². The Balaban J connectivity index is 1.20. The van der Waals surface area contributed by atoms with Crippen LogP contribution in [0.3, 0.4) is 0 Å². The number of H-pyrrole nitrogens is 1. The Morgan fingerprint density at radius 3 is 2.56 bits per heavy atom. The zero-order valence-electron chi connectivity index (χ0n) is 17.0. The van der Waals surface area contributed by atoms with Crippen LogP contribution >= 0.6 is 0 Å². The monoisotopic (exact) mass is 430 g/mol. The summed E-state index contributed by atoms with van der Waals surface area (Å²) >= 11 is 0. The molecule has 2 saturated heterocycles. The van der Waals surface area contributed by atoms with E-state index in [0.29, 0.717) is 37.3 Å². The molecule has 0 unspecified atom stereocenters. The summed E-state index contributed by atoms with van der Waals surface area (Å²) in [6.45, 7) is 2.32. The van der Waals surface area contributed by atoms with Gasteiger partial charge in [0, 0.05) is 55.2 Å². The van der Waals surface area contributed by atoms with Crippen molar-refractivity contribution in [2.75, 3.05) is 26.2 Å². The van der Waals surface area contributed by atoms with Gasteiger partial charge in [-0.25, -0.2) is 4.39 Å². The maximum absolute atomic E-state index is 14.0. The van der Waals surface area contributed by atoms with Crippen molar-refractivity contribution in [3.8, 4) is 6.07 Å². The van der Waals surface area contributed by atoms with Crippen LogP contribution in [0.15, 0.2) is 42.5 Å². The summed E-state index contributed by atoms with van der Waals surface area (Å²) in [6, 6.07) is 11.3. The molecule has 0 aliphatic carbocycles. The van der Waals surface area contributed by atoms with Gasteiger partial charge in [-0.15, -0.1) is 5.10 Å². The molecule has 0 radical (unpaired) electrons. The summed E-state index contributed by atoms with van der Waals surface area (Å²) < 4.78 is 14.0. The van der Waals surface area contributed by atoms with Crippen LogP contribution in [0.5, 0.6) is 0 Å². The third kappa shape index (κ3) is 3.60. The minimum atomic E-state index is -0.538. The number of nitrogens with one attached hydrogen (secondary N) is 1. The summed E-state index contributed by atoms with van der Waals surface area (Å²) in [5, 5.41) is 19.3. The summed E-state index contributed by atoms with van der Waals surface area (Å²) in [7, 11) is 0. The predicted molar refractivity (Wildman–Crippen MR) is 114 cm³/mol. The van der Waals surface area contributed by atoms with E-state index in [1.807, 2.05) is 11.0 Å². The molecule has 0 saturated carbocycles. The molecule has 5 rings (SSSR count). The Morgan fingerprint density at radius 1 is 1.09 bits per heavy atom. The zero-order chi connectivity index (χ0) is 22.2. The second-order valence-electron chi connectivity index (χ2n) is 8.20. The minimum Gasteiger partial charge on any atom is -0.338 e. The number of fused-ring (bicyclic) bond motifs is 2. The number of aromatic nitrogens is 3. The molecule has 0 spiro atoms. The Labute approximate surface area is 182 Å². The highest BCUT2D eigenvalue weighted by molar-refractivity contribution is 5.97. The number of nitriles is 1. The molecular weight excluding hydrogens is 411 g/mol. The molecule has 32 heavy (non-hydrogen) atoms. The number of hydrogen-bond donors (Lipinski definition) is 1.